The number of rotatable bonds is 0. The van der Waals surface area contributed by atoms with Crippen LogP contribution in [0.25, 0.3) is 0 Å². The minimum absolute atomic E-state index is 0. The molecule has 0 atom stereocenters. The zero-order chi connectivity index (χ0) is 0. The van der Waals surface area contributed by atoms with E-state index in [1.165, 1.54) is 0 Å². The van der Waals surface area contributed by atoms with Gasteiger partial charge in [-0.25, -0.2) is 0 Å². The van der Waals surface area contributed by atoms with Crippen LogP contribution < -0.4 is 0 Å². The molecular weight excluding hydrogens is 128 g/mol. The summed E-state index contributed by atoms with van der Waals surface area (Å²) in [6.07, 6.45) is 0. The molecule has 0 fully saturated rings. The third-order valence-corrected chi connectivity index (χ3v) is 0. The van der Waals surface area contributed by atoms with Crippen molar-refractivity contribution in [3.8, 4) is 0 Å². The summed E-state index contributed by atoms with van der Waals surface area (Å²) >= 11 is 0. The van der Waals surface area contributed by atoms with Gasteiger partial charge in [0.1, 0.15) is 0 Å². The molecule has 7 radical (unpaired) electrons. The second kappa shape index (κ2) is 15.7. The molecule has 0 N–H and O–H groups in total. The summed E-state index contributed by atoms with van der Waals surface area (Å²) in [4.78, 5) is 0. The van der Waals surface area contributed by atoms with Gasteiger partial charge >= 0.3 is 0 Å². The smallest absolute Gasteiger partial charge is 0 e. The van der Waals surface area contributed by atoms with Crippen molar-refractivity contribution in [2.75, 3.05) is 0 Å². The molecule has 4 heavy (non-hydrogen) atoms. The number of hydrogen-bond donors (Lipinski definition) is 0. The van der Waals surface area contributed by atoms with Crippen molar-refractivity contribution < 1.29 is 0 Å². The van der Waals surface area contributed by atoms with Gasteiger partial charge in [0, 0.05) is 135 Å². The second-order valence-corrected chi connectivity index (χ2v) is 0. The first-order valence-electron chi connectivity index (χ1n) is 0. The molecule has 0 unspecified atom stereocenters. The van der Waals surface area contributed by atoms with Gasteiger partial charge in [0.25, 0.3) is 0 Å². The fraction of sp³-hybridized carbons (Fsp3) is 0. The molecule has 0 spiro atoms. The van der Waals surface area contributed by atoms with Crippen molar-refractivity contribution >= 4 is 135 Å². The van der Waals surface area contributed by atoms with Crippen LogP contribution in [0.3, 0.4) is 0 Å². The van der Waals surface area contributed by atoms with Crippen LogP contribution in [0.4, 0.5) is 0 Å². The summed E-state index contributed by atoms with van der Waals surface area (Å²) in [5.74, 6) is 0. The summed E-state index contributed by atoms with van der Waals surface area (Å²) in [5.41, 5.74) is 0. The molecule has 0 aromatic carbocycles. The van der Waals surface area contributed by atoms with Crippen LogP contribution in [-0.2, 0) is 0 Å². The molecule has 0 aromatic rings. The normalized spacial score (nSPS) is 0. The molecule has 0 heterocycles. The Morgan fingerprint density at radius 3 is 0.750 bits per heavy atom. The summed E-state index contributed by atoms with van der Waals surface area (Å²) in [7, 11) is 0. The SMILES string of the molecule is [Ca].[K].[Mg].[Mg]. The van der Waals surface area contributed by atoms with E-state index in [4.69, 9.17) is 0 Å². The molecule has 0 saturated carbocycles. The van der Waals surface area contributed by atoms with Crippen molar-refractivity contribution in [2.24, 2.45) is 0 Å². The van der Waals surface area contributed by atoms with E-state index in [1.807, 2.05) is 0 Å². The third-order valence-electron chi connectivity index (χ3n) is 0. The van der Waals surface area contributed by atoms with E-state index in [2.05, 4.69) is 0 Å². The maximum absolute atomic E-state index is 0. The van der Waals surface area contributed by atoms with Crippen molar-refractivity contribution in [3.63, 3.8) is 0 Å². The van der Waals surface area contributed by atoms with Crippen LogP contribution in [0.5, 0.6) is 0 Å². The molecule has 4 heteroatoms. The van der Waals surface area contributed by atoms with Gasteiger partial charge in [-0.3, -0.25) is 0 Å². The topological polar surface area (TPSA) is 0 Å². The first-order valence-corrected chi connectivity index (χ1v) is 0. The minimum Gasteiger partial charge on any atom is 0 e. The molecule has 0 nitrogen and oxygen atoms in total. The van der Waals surface area contributed by atoms with Gasteiger partial charge in [0.05, 0.1) is 0 Å². The molecular formula is CaKMg2. The van der Waals surface area contributed by atoms with E-state index in [-0.39, 0.29) is 135 Å². The van der Waals surface area contributed by atoms with E-state index >= 15 is 0 Å². The summed E-state index contributed by atoms with van der Waals surface area (Å²) in [6, 6.07) is 0. The van der Waals surface area contributed by atoms with Crippen molar-refractivity contribution in [1.82, 2.24) is 0 Å². The van der Waals surface area contributed by atoms with E-state index in [1.54, 1.807) is 0 Å². The van der Waals surface area contributed by atoms with Gasteiger partial charge in [-0.1, -0.05) is 0 Å². The predicted molar refractivity (Wildman–Crippen MR) is 23.0 cm³/mol. The average molecular weight is 128 g/mol. The first kappa shape index (κ1) is 23.7. The van der Waals surface area contributed by atoms with Crippen LogP contribution in [0, 0.1) is 0 Å². The van der Waals surface area contributed by atoms with E-state index in [0.717, 1.165) is 0 Å². The zero-order valence-corrected chi connectivity index (χ0v) is 11.3. The monoisotopic (exact) mass is 127 g/mol. The molecule has 0 aromatic heterocycles. The van der Waals surface area contributed by atoms with E-state index in [0.29, 0.717) is 0 Å². The minimum atomic E-state index is 0. The Labute approximate surface area is 131 Å². The van der Waals surface area contributed by atoms with Crippen LogP contribution in [0.2, 0.25) is 0 Å². The third kappa shape index (κ3) is 9.66. The Bertz CT molecular complexity index is 6.00. The first-order chi connectivity index (χ1) is 0. The van der Waals surface area contributed by atoms with Crippen molar-refractivity contribution in [1.29, 1.82) is 0 Å². The second-order valence-electron chi connectivity index (χ2n) is 0. The molecule has 7 valence electrons. The predicted octanol–water partition coefficient (Wildman–Crippen LogP) is -1.52. The van der Waals surface area contributed by atoms with Crippen molar-refractivity contribution in [2.45, 2.75) is 0 Å². The van der Waals surface area contributed by atoms with E-state index in [9.17, 15) is 0 Å². The zero-order valence-electron chi connectivity index (χ0n) is 3.12. The van der Waals surface area contributed by atoms with Crippen LogP contribution >= 0.6 is 0 Å². The molecule has 0 saturated heterocycles. The van der Waals surface area contributed by atoms with Crippen LogP contribution in [-0.4, -0.2) is 135 Å². The standard InChI is InChI=1S/Ca.K.2Mg. The number of hydrogen-bond acceptors (Lipinski definition) is 0. The van der Waals surface area contributed by atoms with Gasteiger partial charge < -0.3 is 0 Å². The van der Waals surface area contributed by atoms with Crippen LogP contribution in [0.1, 0.15) is 0 Å². The Morgan fingerprint density at radius 1 is 0.750 bits per heavy atom. The molecule has 0 aliphatic carbocycles. The summed E-state index contributed by atoms with van der Waals surface area (Å²) < 4.78 is 0. The molecule has 0 amide bonds. The molecule has 0 aliphatic heterocycles. The van der Waals surface area contributed by atoms with Gasteiger partial charge in [-0.2, -0.15) is 0 Å². The Morgan fingerprint density at radius 2 is 0.750 bits per heavy atom. The van der Waals surface area contributed by atoms with Gasteiger partial charge in [-0.05, 0) is 0 Å². The fourth-order valence-corrected chi connectivity index (χ4v) is 0. The Kier molecular flexibility index (Phi) is 92.8. The largest absolute Gasteiger partial charge is 0 e. The quantitative estimate of drug-likeness (QED) is 0.347. The molecule has 0 rings (SSSR count). The van der Waals surface area contributed by atoms with Gasteiger partial charge in [0.15, 0.2) is 0 Å². The summed E-state index contributed by atoms with van der Waals surface area (Å²) in [5, 5.41) is 0. The molecule has 0 bridgehead atoms. The molecule has 0 aliphatic rings. The maximum Gasteiger partial charge on any atom is 0 e. The average Bonchev–Trinajstić information content (AvgIpc) is 0. The van der Waals surface area contributed by atoms with Gasteiger partial charge in [-0.15, -0.1) is 0 Å². The Balaban J connectivity index is 0. The summed E-state index contributed by atoms with van der Waals surface area (Å²) in [6.45, 7) is 0. The van der Waals surface area contributed by atoms with Gasteiger partial charge in [0.2, 0.25) is 0 Å². The van der Waals surface area contributed by atoms with Crippen molar-refractivity contribution in [3.05, 3.63) is 0 Å². The maximum atomic E-state index is 0. The van der Waals surface area contributed by atoms with E-state index < -0.39 is 0 Å². The fourth-order valence-electron chi connectivity index (χ4n) is 0. The Hall–Kier alpha value is 4.43. The van der Waals surface area contributed by atoms with Crippen LogP contribution in [0.15, 0.2) is 0 Å².